The highest BCUT2D eigenvalue weighted by atomic mass is 16.5. The Labute approximate surface area is 117 Å². The second-order valence-electron chi connectivity index (χ2n) is 3.97. The zero-order chi connectivity index (χ0) is 14.5. The van der Waals surface area contributed by atoms with E-state index in [9.17, 15) is 4.79 Å². The predicted octanol–water partition coefficient (Wildman–Crippen LogP) is 2.59. The molecule has 0 saturated heterocycles. The van der Waals surface area contributed by atoms with Crippen molar-refractivity contribution >= 4 is 6.29 Å². The van der Waals surface area contributed by atoms with Gasteiger partial charge in [0.05, 0.1) is 21.3 Å². The summed E-state index contributed by atoms with van der Waals surface area (Å²) in [6, 6.07) is 6.89. The molecule has 0 aliphatic carbocycles. The second kappa shape index (κ2) is 6.06. The molecule has 2 aromatic rings. The van der Waals surface area contributed by atoms with Crippen LogP contribution in [0.5, 0.6) is 17.2 Å². The monoisotopic (exact) mass is 273 g/mol. The Hall–Kier alpha value is -2.56. The van der Waals surface area contributed by atoms with E-state index in [1.165, 1.54) is 14.2 Å². The molecule has 104 valence electrons. The van der Waals surface area contributed by atoms with Gasteiger partial charge in [0.1, 0.15) is 11.4 Å². The highest BCUT2D eigenvalue weighted by Gasteiger charge is 2.16. The van der Waals surface area contributed by atoms with Gasteiger partial charge >= 0.3 is 0 Å². The fraction of sp³-hybridized carbons (Fsp3) is 0.200. The number of pyridine rings is 1. The fourth-order valence-corrected chi connectivity index (χ4v) is 1.95. The third-order valence-electron chi connectivity index (χ3n) is 2.93. The molecule has 1 aromatic carbocycles. The van der Waals surface area contributed by atoms with Gasteiger partial charge in [0.15, 0.2) is 17.8 Å². The Balaban J connectivity index is 2.69. The number of aromatic nitrogens is 1. The number of carbonyl (C=O) groups is 1. The summed E-state index contributed by atoms with van der Waals surface area (Å²) in [4.78, 5) is 15.6. The number of benzene rings is 1. The maximum Gasteiger partial charge on any atom is 0.161 e. The molecular weight excluding hydrogens is 258 g/mol. The fourth-order valence-electron chi connectivity index (χ4n) is 1.95. The van der Waals surface area contributed by atoms with Crippen LogP contribution in [-0.2, 0) is 0 Å². The molecule has 0 atom stereocenters. The lowest BCUT2D eigenvalue weighted by molar-refractivity contribution is 0.112. The first-order valence-corrected chi connectivity index (χ1v) is 5.95. The van der Waals surface area contributed by atoms with Crippen LogP contribution in [0.3, 0.4) is 0 Å². The molecule has 0 bridgehead atoms. The Morgan fingerprint density at radius 2 is 1.65 bits per heavy atom. The summed E-state index contributed by atoms with van der Waals surface area (Å²) in [6.07, 6.45) is 2.40. The van der Waals surface area contributed by atoms with Gasteiger partial charge in [-0.25, -0.2) is 0 Å². The summed E-state index contributed by atoms with van der Waals surface area (Å²) in [5.74, 6) is 1.61. The van der Waals surface area contributed by atoms with Gasteiger partial charge in [-0.15, -0.1) is 0 Å². The van der Waals surface area contributed by atoms with Crippen molar-refractivity contribution in [3.63, 3.8) is 0 Å². The molecule has 2 rings (SSSR count). The molecule has 0 amide bonds. The molecule has 0 aliphatic heterocycles. The Bertz CT molecular complexity index is 625. The molecule has 0 spiro atoms. The average Bonchev–Trinajstić information content (AvgIpc) is 2.53. The standard InChI is InChI=1S/C15H15NO4/c1-18-12-5-4-6-16-15(12)11-8-14(20-3)13(19-2)7-10(11)9-17/h4-9H,1-3H3. The van der Waals surface area contributed by atoms with Gasteiger partial charge in [-0.1, -0.05) is 0 Å². The Morgan fingerprint density at radius 3 is 2.25 bits per heavy atom. The van der Waals surface area contributed by atoms with Crippen molar-refractivity contribution in [3.8, 4) is 28.5 Å². The molecule has 0 saturated carbocycles. The van der Waals surface area contributed by atoms with E-state index in [2.05, 4.69) is 4.98 Å². The van der Waals surface area contributed by atoms with Crippen molar-refractivity contribution in [3.05, 3.63) is 36.0 Å². The first-order chi connectivity index (χ1) is 9.74. The summed E-state index contributed by atoms with van der Waals surface area (Å²) < 4.78 is 15.7. The molecule has 0 radical (unpaired) electrons. The van der Waals surface area contributed by atoms with Crippen LogP contribution in [0.2, 0.25) is 0 Å². The van der Waals surface area contributed by atoms with E-state index in [-0.39, 0.29) is 0 Å². The summed E-state index contributed by atoms with van der Waals surface area (Å²) in [5.41, 5.74) is 1.67. The highest BCUT2D eigenvalue weighted by molar-refractivity contribution is 5.89. The van der Waals surface area contributed by atoms with Gasteiger partial charge < -0.3 is 14.2 Å². The largest absolute Gasteiger partial charge is 0.494 e. The number of hydrogen-bond donors (Lipinski definition) is 0. The van der Waals surface area contributed by atoms with Gasteiger partial charge in [0, 0.05) is 17.3 Å². The number of aldehydes is 1. The van der Waals surface area contributed by atoms with E-state index in [1.807, 2.05) is 0 Å². The molecule has 0 aliphatic rings. The molecule has 1 heterocycles. The number of nitrogens with zero attached hydrogens (tertiary/aromatic N) is 1. The molecule has 1 aromatic heterocycles. The summed E-state index contributed by atoms with van der Waals surface area (Å²) in [6.45, 7) is 0. The number of rotatable bonds is 5. The number of methoxy groups -OCH3 is 3. The van der Waals surface area contributed by atoms with Crippen LogP contribution >= 0.6 is 0 Å². The first kappa shape index (κ1) is 13.9. The van der Waals surface area contributed by atoms with Crippen molar-refractivity contribution in [2.45, 2.75) is 0 Å². The number of carbonyl (C=O) groups excluding carboxylic acids is 1. The predicted molar refractivity (Wildman–Crippen MR) is 74.7 cm³/mol. The minimum absolute atomic E-state index is 0.458. The Morgan fingerprint density at radius 1 is 1.00 bits per heavy atom. The molecule has 5 heteroatoms. The minimum atomic E-state index is 0.458. The van der Waals surface area contributed by atoms with Gasteiger partial charge in [-0.05, 0) is 24.3 Å². The van der Waals surface area contributed by atoms with Crippen LogP contribution in [0.4, 0.5) is 0 Å². The van der Waals surface area contributed by atoms with E-state index in [0.29, 0.717) is 34.1 Å². The van der Waals surface area contributed by atoms with Gasteiger partial charge in [0.2, 0.25) is 0 Å². The lowest BCUT2D eigenvalue weighted by Crippen LogP contribution is -1.98. The normalized spacial score (nSPS) is 9.95. The van der Waals surface area contributed by atoms with Crippen molar-refractivity contribution in [2.24, 2.45) is 0 Å². The third-order valence-corrected chi connectivity index (χ3v) is 2.93. The lowest BCUT2D eigenvalue weighted by Gasteiger charge is -2.13. The van der Waals surface area contributed by atoms with E-state index in [1.54, 1.807) is 37.6 Å². The van der Waals surface area contributed by atoms with Crippen molar-refractivity contribution < 1.29 is 19.0 Å². The molecule has 0 N–H and O–H groups in total. The molecule has 5 nitrogen and oxygen atoms in total. The maximum atomic E-state index is 11.3. The van der Waals surface area contributed by atoms with Crippen LogP contribution in [0, 0.1) is 0 Å². The van der Waals surface area contributed by atoms with Crippen LogP contribution in [0.15, 0.2) is 30.5 Å². The summed E-state index contributed by atoms with van der Waals surface area (Å²) >= 11 is 0. The van der Waals surface area contributed by atoms with E-state index in [4.69, 9.17) is 14.2 Å². The maximum absolute atomic E-state index is 11.3. The van der Waals surface area contributed by atoms with Crippen LogP contribution in [0.1, 0.15) is 10.4 Å². The SMILES string of the molecule is COc1cc(C=O)c(-c2ncccc2OC)cc1OC. The topological polar surface area (TPSA) is 57.7 Å². The second-order valence-corrected chi connectivity index (χ2v) is 3.97. The van der Waals surface area contributed by atoms with Crippen LogP contribution in [0.25, 0.3) is 11.3 Å². The van der Waals surface area contributed by atoms with Crippen molar-refractivity contribution in [2.75, 3.05) is 21.3 Å². The van der Waals surface area contributed by atoms with E-state index >= 15 is 0 Å². The van der Waals surface area contributed by atoms with Crippen molar-refractivity contribution in [1.29, 1.82) is 0 Å². The molecular formula is C15H15NO4. The molecule has 0 fully saturated rings. The van der Waals surface area contributed by atoms with E-state index < -0.39 is 0 Å². The third kappa shape index (κ3) is 2.42. The lowest BCUT2D eigenvalue weighted by atomic mass is 10.0. The average molecular weight is 273 g/mol. The summed E-state index contributed by atoms with van der Waals surface area (Å²) in [5, 5.41) is 0. The zero-order valence-electron chi connectivity index (χ0n) is 11.5. The van der Waals surface area contributed by atoms with Gasteiger partial charge in [-0.3, -0.25) is 9.78 Å². The van der Waals surface area contributed by atoms with Crippen LogP contribution < -0.4 is 14.2 Å². The quantitative estimate of drug-likeness (QED) is 0.784. The van der Waals surface area contributed by atoms with Gasteiger partial charge in [0.25, 0.3) is 0 Å². The Kier molecular flexibility index (Phi) is 4.20. The highest BCUT2D eigenvalue weighted by Crippen LogP contribution is 2.37. The van der Waals surface area contributed by atoms with Gasteiger partial charge in [-0.2, -0.15) is 0 Å². The number of ether oxygens (including phenoxy) is 3. The van der Waals surface area contributed by atoms with Crippen LogP contribution in [-0.4, -0.2) is 32.6 Å². The first-order valence-electron chi connectivity index (χ1n) is 5.95. The van der Waals surface area contributed by atoms with Crippen molar-refractivity contribution in [1.82, 2.24) is 4.98 Å². The van der Waals surface area contributed by atoms with E-state index in [0.717, 1.165) is 6.29 Å². The molecule has 0 unspecified atom stereocenters. The molecule has 20 heavy (non-hydrogen) atoms. The number of hydrogen-bond acceptors (Lipinski definition) is 5. The summed E-state index contributed by atoms with van der Waals surface area (Å²) in [7, 11) is 4.62. The minimum Gasteiger partial charge on any atom is -0.494 e. The smallest absolute Gasteiger partial charge is 0.161 e. The zero-order valence-corrected chi connectivity index (χ0v) is 11.5.